The van der Waals surface area contributed by atoms with Crippen molar-refractivity contribution in [3.05, 3.63) is 35.2 Å². The number of anilines is 1. The zero-order chi connectivity index (χ0) is 21.8. The maximum Gasteiger partial charge on any atom is 0.246 e. The highest BCUT2D eigenvalue weighted by Crippen LogP contribution is 2.29. The molecule has 0 saturated carbocycles. The van der Waals surface area contributed by atoms with Gasteiger partial charge in [-0.05, 0) is 50.3 Å². The molecular formula is C19H26N4O4S2. The zero-order valence-electron chi connectivity index (χ0n) is 17.4. The Morgan fingerprint density at radius 3 is 2.34 bits per heavy atom. The Labute approximate surface area is 176 Å². The monoisotopic (exact) mass is 438 g/mol. The Hall–Kier alpha value is -2.17. The lowest BCUT2D eigenvalue weighted by Crippen LogP contribution is -2.23. The third-order valence-corrected chi connectivity index (χ3v) is 6.77. The van der Waals surface area contributed by atoms with Crippen LogP contribution in [0.2, 0.25) is 0 Å². The highest BCUT2D eigenvalue weighted by molar-refractivity contribution is 7.98. The second kappa shape index (κ2) is 9.55. The van der Waals surface area contributed by atoms with E-state index in [1.165, 1.54) is 45.1 Å². The van der Waals surface area contributed by atoms with Crippen LogP contribution in [-0.2, 0) is 21.2 Å². The molecule has 2 aromatic rings. The molecule has 1 amide bonds. The van der Waals surface area contributed by atoms with Crippen LogP contribution in [0.25, 0.3) is 0 Å². The van der Waals surface area contributed by atoms with Crippen LogP contribution in [-0.4, -0.2) is 56.1 Å². The Morgan fingerprint density at radius 1 is 1.21 bits per heavy atom. The number of benzene rings is 1. The number of hydrogen-bond donors (Lipinski definition) is 1. The van der Waals surface area contributed by atoms with Gasteiger partial charge < -0.3 is 10.1 Å². The number of thioether (sulfide) groups is 1. The Kier molecular flexibility index (Phi) is 7.61. The highest BCUT2D eigenvalue weighted by Gasteiger charge is 2.23. The van der Waals surface area contributed by atoms with Gasteiger partial charge in [0.25, 0.3) is 0 Å². The van der Waals surface area contributed by atoms with Crippen molar-refractivity contribution in [1.29, 1.82) is 0 Å². The Morgan fingerprint density at radius 2 is 1.83 bits per heavy atom. The number of nitrogens with zero attached hydrogens (tertiary/aromatic N) is 3. The smallest absolute Gasteiger partial charge is 0.246 e. The van der Waals surface area contributed by atoms with Crippen LogP contribution < -0.4 is 10.1 Å². The first-order valence-electron chi connectivity index (χ1n) is 8.88. The average molecular weight is 439 g/mol. The van der Waals surface area contributed by atoms with Crippen LogP contribution in [0.5, 0.6) is 5.75 Å². The Bertz CT molecular complexity index is 984. The third-order valence-electron chi connectivity index (χ3n) is 4.39. The van der Waals surface area contributed by atoms with E-state index in [-0.39, 0.29) is 23.0 Å². The molecule has 10 heteroatoms. The third kappa shape index (κ3) is 5.46. The van der Waals surface area contributed by atoms with Crippen LogP contribution in [0, 0.1) is 13.8 Å². The number of sulfonamides is 1. The lowest BCUT2D eigenvalue weighted by atomic mass is 10.1. The van der Waals surface area contributed by atoms with Gasteiger partial charge in [0.2, 0.25) is 15.9 Å². The standard InChI is InChI=1S/C19H26N4O4S2/c1-12-15(13(2)21-19(20-12)28-6)8-10-18(24)22-14-7-9-16(27-5)17(11-14)29(25,26)23(3)4/h7,9,11H,8,10H2,1-6H3,(H,22,24). The zero-order valence-corrected chi connectivity index (χ0v) is 19.1. The lowest BCUT2D eigenvalue weighted by molar-refractivity contribution is -0.116. The molecule has 0 radical (unpaired) electrons. The van der Waals surface area contributed by atoms with Gasteiger partial charge in [-0.2, -0.15) is 0 Å². The molecular weight excluding hydrogens is 412 g/mol. The molecule has 158 valence electrons. The number of amides is 1. The first-order chi connectivity index (χ1) is 13.6. The van der Waals surface area contributed by atoms with E-state index in [1.807, 2.05) is 20.1 Å². The molecule has 0 bridgehead atoms. The summed E-state index contributed by atoms with van der Waals surface area (Å²) in [5, 5.41) is 3.46. The molecule has 0 spiro atoms. The van der Waals surface area contributed by atoms with Crippen molar-refractivity contribution in [3.8, 4) is 5.75 Å². The van der Waals surface area contributed by atoms with E-state index in [2.05, 4.69) is 15.3 Å². The number of carbonyl (C=O) groups is 1. The molecule has 0 aliphatic heterocycles. The number of aromatic nitrogens is 2. The molecule has 1 N–H and O–H groups in total. The van der Waals surface area contributed by atoms with Crippen LogP contribution in [0.1, 0.15) is 23.4 Å². The van der Waals surface area contributed by atoms with E-state index in [9.17, 15) is 13.2 Å². The summed E-state index contributed by atoms with van der Waals surface area (Å²) in [6, 6.07) is 4.53. The van der Waals surface area contributed by atoms with Gasteiger partial charge in [0.15, 0.2) is 5.16 Å². The van der Waals surface area contributed by atoms with Gasteiger partial charge in [-0.3, -0.25) is 4.79 Å². The number of rotatable bonds is 8. The number of hydrogen-bond acceptors (Lipinski definition) is 7. The second-order valence-corrected chi connectivity index (χ2v) is 9.45. The molecule has 8 nitrogen and oxygen atoms in total. The Balaban J connectivity index is 2.16. The lowest BCUT2D eigenvalue weighted by Gasteiger charge is -2.16. The van der Waals surface area contributed by atoms with Crippen LogP contribution in [0.15, 0.2) is 28.3 Å². The van der Waals surface area contributed by atoms with E-state index in [1.54, 1.807) is 6.07 Å². The molecule has 0 saturated heterocycles. The molecule has 0 fully saturated rings. The SMILES string of the molecule is COc1ccc(NC(=O)CCc2c(C)nc(SC)nc2C)cc1S(=O)(=O)N(C)C. The summed E-state index contributed by atoms with van der Waals surface area (Å²) in [5.74, 6) is -0.00917. The van der Waals surface area contributed by atoms with Crippen molar-refractivity contribution in [2.75, 3.05) is 32.8 Å². The largest absolute Gasteiger partial charge is 0.495 e. The molecule has 1 aromatic heterocycles. The maximum absolute atomic E-state index is 12.5. The summed E-state index contributed by atoms with van der Waals surface area (Å²) < 4.78 is 31.3. The summed E-state index contributed by atoms with van der Waals surface area (Å²) in [6.07, 6.45) is 2.64. The predicted molar refractivity (Wildman–Crippen MR) is 114 cm³/mol. The fourth-order valence-electron chi connectivity index (χ4n) is 2.78. The van der Waals surface area contributed by atoms with Crippen molar-refractivity contribution in [1.82, 2.24) is 14.3 Å². The van der Waals surface area contributed by atoms with Crippen LogP contribution in [0.3, 0.4) is 0 Å². The fraction of sp³-hybridized carbons (Fsp3) is 0.421. The highest BCUT2D eigenvalue weighted by atomic mass is 32.2. The van der Waals surface area contributed by atoms with Gasteiger partial charge in [0, 0.05) is 37.6 Å². The first kappa shape index (κ1) is 23.1. The first-order valence-corrected chi connectivity index (χ1v) is 11.5. The summed E-state index contributed by atoms with van der Waals surface area (Å²) in [6.45, 7) is 3.81. The number of methoxy groups -OCH3 is 1. The molecule has 0 unspecified atom stereocenters. The minimum absolute atomic E-state index is 0.00413. The van der Waals surface area contributed by atoms with Gasteiger partial charge in [-0.15, -0.1) is 0 Å². The normalized spacial score (nSPS) is 11.6. The van der Waals surface area contributed by atoms with E-state index in [4.69, 9.17) is 4.74 Å². The van der Waals surface area contributed by atoms with E-state index in [0.717, 1.165) is 21.3 Å². The molecule has 0 aliphatic rings. The topological polar surface area (TPSA) is 101 Å². The molecule has 0 aliphatic carbocycles. The van der Waals surface area contributed by atoms with Crippen LogP contribution in [0.4, 0.5) is 5.69 Å². The van der Waals surface area contributed by atoms with Crippen molar-refractivity contribution in [2.24, 2.45) is 0 Å². The second-order valence-electron chi connectivity index (χ2n) is 6.56. The van der Waals surface area contributed by atoms with Crippen LogP contribution >= 0.6 is 11.8 Å². The van der Waals surface area contributed by atoms with Crippen molar-refractivity contribution < 1.29 is 17.9 Å². The van der Waals surface area contributed by atoms with E-state index in [0.29, 0.717) is 17.3 Å². The van der Waals surface area contributed by atoms with Gasteiger partial charge in [0.1, 0.15) is 10.6 Å². The summed E-state index contributed by atoms with van der Waals surface area (Å²) in [5.41, 5.74) is 3.05. The molecule has 0 atom stereocenters. The summed E-state index contributed by atoms with van der Waals surface area (Å²) >= 11 is 1.48. The average Bonchev–Trinajstić information content (AvgIpc) is 2.66. The molecule has 1 heterocycles. The van der Waals surface area contributed by atoms with Crippen molar-refractivity contribution >= 4 is 33.4 Å². The molecule has 29 heavy (non-hydrogen) atoms. The number of ether oxygens (including phenoxy) is 1. The number of nitrogens with one attached hydrogen (secondary N) is 1. The predicted octanol–water partition coefficient (Wildman–Crippen LogP) is 2.65. The van der Waals surface area contributed by atoms with Crippen molar-refractivity contribution in [3.63, 3.8) is 0 Å². The van der Waals surface area contributed by atoms with Gasteiger partial charge >= 0.3 is 0 Å². The van der Waals surface area contributed by atoms with Gasteiger partial charge in [-0.1, -0.05) is 11.8 Å². The quantitative estimate of drug-likeness (QED) is 0.499. The van der Waals surface area contributed by atoms with Crippen molar-refractivity contribution in [2.45, 2.75) is 36.7 Å². The number of carbonyl (C=O) groups excluding carboxylic acids is 1. The maximum atomic E-state index is 12.5. The fourth-order valence-corrected chi connectivity index (χ4v) is 4.31. The van der Waals surface area contributed by atoms with E-state index < -0.39 is 10.0 Å². The minimum Gasteiger partial charge on any atom is -0.495 e. The molecule has 1 aromatic carbocycles. The minimum atomic E-state index is -3.71. The summed E-state index contributed by atoms with van der Waals surface area (Å²) in [4.78, 5) is 21.3. The molecule has 2 rings (SSSR count). The number of aryl methyl sites for hydroxylation is 2. The van der Waals surface area contributed by atoms with E-state index >= 15 is 0 Å². The summed E-state index contributed by atoms with van der Waals surface area (Å²) in [7, 11) is 0.567. The van der Waals surface area contributed by atoms with Gasteiger partial charge in [-0.25, -0.2) is 22.7 Å². The van der Waals surface area contributed by atoms with Gasteiger partial charge in [0.05, 0.1) is 7.11 Å².